The molecule has 2 nitrogen and oxygen atoms in total. The summed E-state index contributed by atoms with van der Waals surface area (Å²) in [4.78, 5) is 2.22. The van der Waals surface area contributed by atoms with E-state index in [4.69, 9.17) is 5.41 Å². The SMILES string of the molecule is CC(C)CCCN1CCCC1=N. The first-order valence-electron chi connectivity index (χ1n) is 5.02. The van der Waals surface area contributed by atoms with Crippen molar-refractivity contribution in [1.29, 1.82) is 5.41 Å². The van der Waals surface area contributed by atoms with Crippen molar-refractivity contribution in [2.24, 2.45) is 5.92 Å². The molecule has 1 rings (SSSR count). The average molecular weight is 168 g/mol. The minimum absolute atomic E-state index is 0.807. The number of amidine groups is 1. The van der Waals surface area contributed by atoms with Gasteiger partial charge in [-0.2, -0.15) is 0 Å². The summed E-state index contributed by atoms with van der Waals surface area (Å²) in [6, 6.07) is 0. The Morgan fingerprint density at radius 1 is 1.50 bits per heavy atom. The molecule has 1 saturated heterocycles. The standard InChI is InChI=1S/C10H20N2/c1-9(2)5-3-7-12-8-4-6-10(12)11/h9,11H,3-8H2,1-2H3. The molecule has 1 aliphatic heterocycles. The molecule has 0 aromatic heterocycles. The van der Waals surface area contributed by atoms with Crippen LogP contribution in [0, 0.1) is 11.3 Å². The fraction of sp³-hybridized carbons (Fsp3) is 0.900. The van der Waals surface area contributed by atoms with Gasteiger partial charge in [0.15, 0.2) is 0 Å². The van der Waals surface area contributed by atoms with Crippen molar-refractivity contribution in [3.63, 3.8) is 0 Å². The van der Waals surface area contributed by atoms with Crippen LogP contribution in [0.4, 0.5) is 0 Å². The zero-order valence-electron chi connectivity index (χ0n) is 8.27. The molecule has 1 aliphatic rings. The van der Waals surface area contributed by atoms with Gasteiger partial charge in [0.2, 0.25) is 0 Å². The Morgan fingerprint density at radius 2 is 2.25 bits per heavy atom. The average Bonchev–Trinajstić information content (AvgIpc) is 2.36. The van der Waals surface area contributed by atoms with E-state index in [1.165, 1.54) is 19.3 Å². The summed E-state index contributed by atoms with van der Waals surface area (Å²) >= 11 is 0. The van der Waals surface area contributed by atoms with E-state index in [2.05, 4.69) is 18.7 Å². The third kappa shape index (κ3) is 2.84. The lowest BCUT2D eigenvalue weighted by Crippen LogP contribution is -2.25. The zero-order chi connectivity index (χ0) is 8.97. The number of hydrogen-bond acceptors (Lipinski definition) is 1. The fourth-order valence-corrected chi connectivity index (χ4v) is 1.67. The van der Waals surface area contributed by atoms with Gasteiger partial charge in [-0.15, -0.1) is 0 Å². The summed E-state index contributed by atoms with van der Waals surface area (Å²) in [6.45, 7) is 6.75. The summed E-state index contributed by atoms with van der Waals surface area (Å²) in [5.41, 5.74) is 0. The molecule has 0 aromatic carbocycles. The van der Waals surface area contributed by atoms with Crippen LogP contribution in [0.15, 0.2) is 0 Å². The van der Waals surface area contributed by atoms with Gasteiger partial charge in [0.05, 0.1) is 5.84 Å². The molecule has 0 bridgehead atoms. The van der Waals surface area contributed by atoms with Gasteiger partial charge in [0.1, 0.15) is 0 Å². The maximum atomic E-state index is 7.62. The minimum atomic E-state index is 0.807. The van der Waals surface area contributed by atoms with Crippen LogP contribution in [-0.2, 0) is 0 Å². The van der Waals surface area contributed by atoms with Crippen molar-refractivity contribution in [3.05, 3.63) is 0 Å². The Hall–Kier alpha value is -0.530. The molecule has 12 heavy (non-hydrogen) atoms. The van der Waals surface area contributed by atoms with Gasteiger partial charge in [0, 0.05) is 19.5 Å². The topological polar surface area (TPSA) is 27.1 Å². The first-order chi connectivity index (χ1) is 5.70. The van der Waals surface area contributed by atoms with Crippen molar-refractivity contribution in [2.45, 2.75) is 39.5 Å². The Kier molecular flexibility index (Phi) is 3.57. The van der Waals surface area contributed by atoms with E-state index in [9.17, 15) is 0 Å². The third-order valence-electron chi connectivity index (χ3n) is 2.43. The quantitative estimate of drug-likeness (QED) is 0.686. The Bertz CT molecular complexity index is 152. The van der Waals surface area contributed by atoms with E-state index < -0.39 is 0 Å². The van der Waals surface area contributed by atoms with Crippen molar-refractivity contribution < 1.29 is 0 Å². The van der Waals surface area contributed by atoms with Crippen LogP contribution in [-0.4, -0.2) is 23.8 Å². The molecular formula is C10H20N2. The monoisotopic (exact) mass is 168 g/mol. The molecular weight excluding hydrogens is 148 g/mol. The van der Waals surface area contributed by atoms with E-state index in [1.807, 2.05) is 0 Å². The second-order valence-corrected chi connectivity index (χ2v) is 4.07. The van der Waals surface area contributed by atoms with E-state index >= 15 is 0 Å². The van der Waals surface area contributed by atoms with E-state index in [1.54, 1.807) is 0 Å². The molecule has 0 aliphatic carbocycles. The summed E-state index contributed by atoms with van der Waals surface area (Å²) in [5, 5.41) is 7.62. The molecule has 1 N–H and O–H groups in total. The molecule has 0 atom stereocenters. The van der Waals surface area contributed by atoms with Crippen LogP contribution in [0.25, 0.3) is 0 Å². The molecule has 1 fully saturated rings. The number of likely N-dealkylation sites (tertiary alicyclic amines) is 1. The van der Waals surface area contributed by atoms with Gasteiger partial charge in [0.25, 0.3) is 0 Å². The predicted octanol–water partition coefficient (Wildman–Crippen LogP) is 2.50. The number of nitrogens with zero attached hydrogens (tertiary/aromatic N) is 1. The number of hydrogen-bond donors (Lipinski definition) is 1. The van der Waals surface area contributed by atoms with Crippen LogP contribution in [0.1, 0.15) is 39.5 Å². The van der Waals surface area contributed by atoms with Gasteiger partial charge in [-0.05, 0) is 25.2 Å². The van der Waals surface area contributed by atoms with Crippen LogP contribution < -0.4 is 0 Å². The number of rotatable bonds is 4. The second-order valence-electron chi connectivity index (χ2n) is 4.07. The molecule has 0 saturated carbocycles. The van der Waals surface area contributed by atoms with Crippen molar-refractivity contribution in [3.8, 4) is 0 Å². The highest BCUT2D eigenvalue weighted by molar-refractivity contribution is 5.80. The lowest BCUT2D eigenvalue weighted by molar-refractivity contribution is 0.412. The highest BCUT2D eigenvalue weighted by Crippen LogP contribution is 2.12. The Morgan fingerprint density at radius 3 is 2.75 bits per heavy atom. The highest BCUT2D eigenvalue weighted by Gasteiger charge is 2.15. The van der Waals surface area contributed by atoms with Crippen LogP contribution in [0.5, 0.6) is 0 Å². The second kappa shape index (κ2) is 4.48. The number of nitrogens with one attached hydrogen (secondary N) is 1. The molecule has 0 aromatic rings. The minimum Gasteiger partial charge on any atom is -0.361 e. The normalized spacial score (nSPS) is 17.9. The maximum Gasteiger partial charge on any atom is 0.0958 e. The first-order valence-corrected chi connectivity index (χ1v) is 5.02. The summed E-state index contributed by atoms with van der Waals surface area (Å²) < 4.78 is 0. The molecule has 1 heterocycles. The third-order valence-corrected chi connectivity index (χ3v) is 2.43. The predicted molar refractivity (Wildman–Crippen MR) is 52.6 cm³/mol. The van der Waals surface area contributed by atoms with E-state index in [0.717, 1.165) is 31.3 Å². The Balaban J connectivity index is 2.10. The van der Waals surface area contributed by atoms with Crippen molar-refractivity contribution in [2.75, 3.05) is 13.1 Å². The molecule has 0 amide bonds. The maximum absolute atomic E-state index is 7.62. The van der Waals surface area contributed by atoms with Crippen LogP contribution in [0.2, 0.25) is 0 Å². The van der Waals surface area contributed by atoms with Crippen LogP contribution >= 0.6 is 0 Å². The van der Waals surface area contributed by atoms with Gasteiger partial charge < -0.3 is 4.90 Å². The van der Waals surface area contributed by atoms with Gasteiger partial charge in [-0.25, -0.2) is 0 Å². The Labute approximate surface area is 75.5 Å². The molecule has 0 radical (unpaired) electrons. The molecule has 0 spiro atoms. The lowest BCUT2D eigenvalue weighted by Gasteiger charge is -2.17. The fourth-order valence-electron chi connectivity index (χ4n) is 1.67. The van der Waals surface area contributed by atoms with Crippen LogP contribution in [0.3, 0.4) is 0 Å². The summed E-state index contributed by atoms with van der Waals surface area (Å²) in [6.07, 6.45) is 4.74. The smallest absolute Gasteiger partial charge is 0.0958 e. The lowest BCUT2D eigenvalue weighted by atomic mass is 10.1. The molecule has 2 heteroatoms. The first kappa shape index (κ1) is 9.56. The van der Waals surface area contributed by atoms with E-state index in [-0.39, 0.29) is 0 Å². The van der Waals surface area contributed by atoms with E-state index in [0.29, 0.717) is 0 Å². The molecule has 0 unspecified atom stereocenters. The summed E-state index contributed by atoms with van der Waals surface area (Å²) in [7, 11) is 0. The van der Waals surface area contributed by atoms with Crippen molar-refractivity contribution >= 4 is 5.84 Å². The van der Waals surface area contributed by atoms with Gasteiger partial charge in [-0.3, -0.25) is 5.41 Å². The highest BCUT2D eigenvalue weighted by atomic mass is 15.2. The van der Waals surface area contributed by atoms with Crippen molar-refractivity contribution in [1.82, 2.24) is 4.90 Å². The van der Waals surface area contributed by atoms with Gasteiger partial charge in [-0.1, -0.05) is 13.8 Å². The zero-order valence-corrected chi connectivity index (χ0v) is 8.27. The molecule has 70 valence electrons. The summed E-state index contributed by atoms with van der Waals surface area (Å²) in [5.74, 6) is 1.67. The van der Waals surface area contributed by atoms with Gasteiger partial charge >= 0.3 is 0 Å². The largest absolute Gasteiger partial charge is 0.361 e.